The van der Waals surface area contributed by atoms with Crippen LogP contribution in [0.1, 0.15) is 27.4 Å². The van der Waals surface area contributed by atoms with Crippen molar-refractivity contribution in [2.75, 3.05) is 13.1 Å². The first-order chi connectivity index (χ1) is 10.5. The van der Waals surface area contributed by atoms with Crippen LogP contribution in [-0.2, 0) is 11.2 Å². The molecule has 22 heavy (non-hydrogen) atoms. The Morgan fingerprint density at radius 3 is 2.41 bits per heavy atom. The van der Waals surface area contributed by atoms with Crippen LogP contribution < -0.4 is 0 Å². The fourth-order valence-electron chi connectivity index (χ4n) is 2.32. The lowest BCUT2D eigenvalue weighted by Crippen LogP contribution is -2.37. The van der Waals surface area contributed by atoms with Crippen molar-refractivity contribution >= 4 is 11.9 Å². The zero-order chi connectivity index (χ0) is 16.1. The Balaban J connectivity index is 2.13. The maximum absolute atomic E-state index is 12.5. The smallest absolute Gasteiger partial charge is 0.323 e. The number of aryl methyl sites for hydroxylation is 2. The summed E-state index contributed by atoms with van der Waals surface area (Å²) < 4.78 is 5.41. The largest absolute Gasteiger partial charge is 0.480 e. The molecular formula is C17H19NO4. The summed E-state index contributed by atoms with van der Waals surface area (Å²) in [6.45, 7) is 3.52. The summed E-state index contributed by atoms with van der Waals surface area (Å²) in [5.41, 5.74) is 1.77. The number of amides is 1. The van der Waals surface area contributed by atoms with Gasteiger partial charge >= 0.3 is 5.97 Å². The molecule has 0 radical (unpaired) electrons. The first-order valence-electron chi connectivity index (χ1n) is 7.09. The highest BCUT2D eigenvalue weighted by Crippen LogP contribution is 2.16. The molecular weight excluding hydrogens is 282 g/mol. The van der Waals surface area contributed by atoms with Crippen LogP contribution in [0.25, 0.3) is 0 Å². The van der Waals surface area contributed by atoms with E-state index < -0.39 is 5.97 Å². The molecule has 0 bridgehead atoms. The highest BCUT2D eigenvalue weighted by atomic mass is 16.4. The second-order valence-electron chi connectivity index (χ2n) is 5.23. The molecule has 5 nitrogen and oxygen atoms in total. The van der Waals surface area contributed by atoms with Crippen LogP contribution in [-0.4, -0.2) is 35.0 Å². The number of carbonyl (C=O) groups is 2. The summed E-state index contributed by atoms with van der Waals surface area (Å²) in [6.07, 6.45) is 0.596. The summed E-state index contributed by atoms with van der Waals surface area (Å²) in [6, 6.07) is 11.4. The number of hydrogen-bond donors (Lipinski definition) is 1. The number of aliphatic carboxylic acids is 1. The topological polar surface area (TPSA) is 70.8 Å². The van der Waals surface area contributed by atoms with Crippen molar-refractivity contribution in [2.45, 2.75) is 20.3 Å². The Hall–Kier alpha value is -2.56. The first-order valence-corrected chi connectivity index (χ1v) is 7.09. The highest BCUT2D eigenvalue weighted by molar-refractivity contribution is 5.94. The molecule has 0 aliphatic carbocycles. The Morgan fingerprint density at radius 2 is 1.86 bits per heavy atom. The summed E-state index contributed by atoms with van der Waals surface area (Å²) in [7, 11) is 0. The molecule has 0 aliphatic rings. The van der Waals surface area contributed by atoms with Crippen molar-refractivity contribution < 1.29 is 19.1 Å². The minimum Gasteiger partial charge on any atom is -0.480 e. The molecule has 1 aromatic heterocycles. The summed E-state index contributed by atoms with van der Waals surface area (Å²) in [5, 5.41) is 9.03. The van der Waals surface area contributed by atoms with E-state index in [0.29, 0.717) is 18.7 Å². The molecule has 1 amide bonds. The zero-order valence-corrected chi connectivity index (χ0v) is 12.7. The van der Waals surface area contributed by atoms with Gasteiger partial charge in [-0.2, -0.15) is 0 Å². The Labute approximate surface area is 129 Å². The fourth-order valence-corrected chi connectivity index (χ4v) is 2.32. The molecule has 0 atom stereocenters. The Kier molecular flexibility index (Phi) is 4.99. The number of carboxylic acid groups (broad SMARTS) is 1. The van der Waals surface area contributed by atoms with Gasteiger partial charge in [-0.15, -0.1) is 0 Å². The van der Waals surface area contributed by atoms with Crippen molar-refractivity contribution in [3.8, 4) is 0 Å². The molecule has 5 heteroatoms. The number of furan rings is 1. The van der Waals surface area contributed by atoms with E-state index in [0.717, 1.165) is 11.1 Å². The molecule has 0 aliphatic heterocycles. The monoisotopic (exact) mass is 301 g/mol. The molecule has 0 unspecified atom stereocenters. The normalized spacial score (nSPS) is 10.5. The average molecular weight is 301 g/mol. The molecule has 0 spiro atoms. The van der Waals surface area contributed by atoms with Crippen molar-refractivity contribution in [1.82, 2.24) is 4.90 Å². The van der Waals surface area contributed by atoms with Gasteiger partial charge in [0.2, 0.25) is 0 Å². The van der Waals surface area contributed by atoms with Crippen LogP contribution in [0.15, 0.2) is 40.8 Å². The van der Waals surface area contributed by atoms with Crippen LogP contribution in [0.3, 0.4) is 0 Å². The van der Waals surface area contributed by atoms with E-state index in [2.05, 4.69) is 0 Å². The van der Waals surface area contributed by atoms with E-state index in [-0.39, 0.29) is 18.2 Å². The second-order valence-corrected chi connectivity index (χ2v) is 5.23. The van der Waals surface area contributed by atoms with E-state index in [4.69, 9.17) is 9.52 Å². The SMILES string of the molecule is Cc1cc(C)c(C(=O)N(CCc2ccccc2)CC(=O)O)o1. The molecule has 116 valence electrons. The van der Waals surface area contributed by atoms with Crippen LogP contribution in [0, 0.1) is 13.8 Å². The number of carbonyl (C=O) groups excluding carboxylic acids is 1. The van der Waals surface area contributed by atoms with Crippen molar-refractivity contribution in [1.29, 1.82) is 0 Å². The van der Waals surface area contributed by atoms with Gasteiger partial charge in [-0.3, -0.25) is 9.59 Å². The van der Waals surface area contributed by atoms with E-state index in [1.165, 1.54) is 4.90 Å². The molecule has 1 N–H and O–H groups in total. The number of nitrogens with zero attached hydrogens (tertiary/aromatic N) is 1. The van der Waals surface area contributed by atoms with E-state index in [1.807, 2.05) is 30.3 Å². The van der Waals surface area contributed by atoms with Gasteiger partial charge in [0.1, 0.15) is 12.3 Å². The molecule has 1 heterocycles. The lowest BCUT2D eigenvalue weighted by atomic mass is 10.1. The average Bonchev–Trinajstić information content (AvgIpc) is 2.82. The predicted molar refractivity (Wildman–Crippen MR) is 81.9 cm³/mol. The maximum Gasteiger partial charge on any atom is 0.323 e. The molecule has 2 rings (SSSR count). The zero-order valence-electron chi connectivity index (χ0n) is 12.7. The maximum atomic E-state index is 12.5. The van der Waals surface area contributed by atoms with Crippen LogP contribution in [0.5, 0.6) is 0 Å². The van der Waals surface area contributed by atoms with Crippen LogP contribution in [0.2, 0.25) is 0 Å². The highest BCUT2D eigenvalue weighted by Gasteiger charge is 2.23. The van der Waals surface area contributed by atoms with E-state index in [1.54, 1.807) is 19.9 Å². The van der Waals surface area contributed by atoms with Gasteiger partial charge in [0.05, 0.1) is 0 Å². The first kappa shape index (κ1) is 15.8. The number of carboxylic acids is 1. The Morgan fingerprint density at radius 1 is 1.18 bits per heavy atom. The van der Waals surface area contributed by atoms with Crippen molar-refractivity contribution in [3.05, 3.63) is 59.0 Å². The van der Waals surface area contributed by atoms with Gasteiger partial charge in [-0.05, 0) is 31.9 Å². The fraction of sp³-hybridized carbons (Fsp3) is 0.294. The van der Waals surface area contributed by atoms with E-state index >= 15 is 0 Å². The summed E-state index contributed by atoms with van der Waals surface area (Å²) >= 11 is 0. The van der Waals surface area contributed by atoms with Gasteiger partial charge in [0.25, 0.3) is 5.91 Å². The van der Waals surface area contributed by atoms with Gasteiger partial charge in [-0.25, -0.2) is 0 Å². The van der Waals surface area contributed by atoms with Crippen LogP contribution >= 0.6 is 0 Å². The molecule has 0 fully saturated rings. The van der Waals surface area contributed by atoms with Crippen LogP contribution in [0.4, 0.5) is 0 Å². The van der Waals surface area contributed by atoms with Gasteiger partial charge in [0, 0.05) is 12.1 Å². The lowest BCUT2D eigenvalue weighted by Gasteiger charge is -2.20. The number of benzene rings is 1. The standard InChI is InChI=1S/C17H19NO4/c1-12-10-13(2)22-16(12)17(21)18(11-15(19)20)9-8-14-6-4-3-5-7-14/h3-7,10H,8-9,11H2,1-2H3,(H,19,20). The number of rotatable bonds is 6. The minimum atomic E-state index is -1.04. The van der Waals surface area contributed by atoms with E-state index in [9.17, 15) is 9.59 Å². The van der Waals surface area contributed by atoms with Gasteiger partial charge < -0.3 is 14.4 Å². The summed E-state index contributed by atoms with van der Waals surface area (Å²) in [5.74, 6) is -0.572. The second kappa shape index (κ2) is 6.93. The van der Waals surface area contributed by atoms with Crippen molar-refractivity contribution in [3.63, 3.8) is 0 Å². The molecule has 2 aromatic rings. The third-order valence-corrected chi connectivity index (χ3v) is 3.36. The quantitative estimate of drug-likeness (QED) is 0.890. The third kappa shape index (κ3) is 3.97. The molecule has 0 saturated heterocycles. The molecule has 0 saturated carbocycles. The lowest BCUT2D eigenvalue weighted by molar-refractivity contribution is -0.137. The predicted octanol–water partition coefficient (Wildman–Crippen LogP) is 2.67. The molecule has 1 aromatic carbocycles. The van der Waals surface area contributed by atoms with Gasteiger partial charge in [-0.1, -0.05) is 30.3 Å². The van der Waals surface area contributed by atoms with Gasteiger partial charge in [0.15, 0.2) is 5.76 Å². The third-order valence-electron chi connectivity index (χ3n) is 3.36. The number of hydrogen-bond acceptors (Lipinski definition) is 3. The Bertz CT molecular complexity index is 661. The van der Waals surface area contributed by atoms with Crippen molar-refractivity contribution in [2.24, 2.45) is 0 Å². The minimum absolute atomic E-state index is 0.215. The summed E-state index contributed by atoms with van der Waals surface area (Å²) in [4.78, 5) is 24.8.